The largest absolute Gasteiger partial charge is 0.497 e. The van der Waals surface area contributed by atoms with Crippen LogP contribution >= 0.6 is 0 Å². The average molecular weight is 498 g/mol. The van der Waals surface area contributed by atoms with Crippen molar-refractivity contribution in [3.8, 4) is 23.1 Å². The van der Waals surface area contributed by atoms with Gasteiger partial charge in [-0.3, -0.25) is 4.90 Å². The van der Waals surface area contributed by atoms with Gasteiger partial charge in [0.05, 0.1) is 30.2 Å². The smallest absolute Gasteiger partial charge is 0.227 e. The summed E-state index contributed by atoms with van der Waals surface area (Å²) in [5.41, 5.74) is 4.17. The fourth-order valence-electron chi connectivity index (χ4n) is 4.75. The van der Waals surface area contributed by atoms with Crippen LogP contribution in [0.25, 0.3) is 5.69 Å². The number of aliphatic hydroxyl groups is 1. The van der Waals surface area contributed by atoms with E-state index in [1.165, 1.54) is 0 Å². The number of hydrogen-bond acceptors (Lipinski definition) is 5. The Hall–Kier alpha value is -3.61. The van der Waals surface area contributed by atoms with E-state index >= 15 is 0 Å². The van der Waals surface area contributed by atoms with Gasteiger partial charge in [0, 0.05) is 25.2 Å². The van der Waals surface area contributed by atoms with Gasteiger partial charge in [-0.1, -0.05) is 61.5 Å². The lowest BCUT2D eigenvalue weighted by Crippen LogP contribution is -2.35. The first-order valence-corrected chi connectivity index (χ1v) is 13.1. The average Bonchev–Trinajstić information content (AvgIpc) is 3.73. The number of ether oxygens (including phenoxy) is 2. The second kappa shape index (κ2) is 11.6. The SMILES string of the molecule is CCc1nn(-c2ccccc2)c(Oc2cccc(OC)c2)c1CN(C[C@H](O)Cc1ccccc1)C1CC1. The minimum atomic E-state index is -0.444. The highest BCUT2D eigenvalue weighted by Crippen LogP contribution is 2.36. The molecule has 3 aromatic carbocycles. The molecule has 6 heteroatoms. The lowest BCUT2D eigenvalue weighted by atomic mass is 10.1. The van der Waals surface area contributed by atoms with E-state index in [1.54, 1.807) is 7.11 Å². The monoisotopic (exact) mass is 497 g/mol. The van der Waals surface area contributed by atoms with E-state index in [0.29, 0.717) is 37.2 Å². The van der Waals surface area contributed by atoms with E-state index in [1.807, 2.05) is 77.5 Å². The van der Waals surface area contributed by atoms with Crippen molar-refractivity contribution in [3.63, 3.8) is 0 Å². The number of aromatic nitrogens is 2. The van der Waals surface area contributed by atoms with Gasteiger partial charge >= 0.3 is 0 Å². The van der Waals surface area contributed by atoms with Crippen LogP contribution in [-0.2, 0) is 19.4 Å². The van der Waals surface area contributed by atoms with Crippen molar-refractivity contribution in [2.75, 3.05) is 13.7 Å². The maximum Gasteiger partial charge on any atom is 0.227 e. The summed E-state index contributed by atoms with van der Waals surface area (Å²) < 4.78 is 13.9. The molecule has 0 radical (unpaired) electrons. The molecule has 1 heterocycles. The molecule has 1 aliphatic carbocycles. The highest BCUT2D eigenvalue weighted by Gasteiger charge is 2.33. The molecule has 0 spiro atoms. The number of benzene rings is 3. The first-order chi connectivity index (χ1) is 18.1. The van der Waals surface area contributed by atoms with Gasteiger partial charge in [-0.05, 0) is 55.5 Å². The topological polar surface area (TPSA) is 59.8 Å². The number of hydrogen-bond donors (Lipinski definition) is 1. The van der Waals surface area contributed by atoms with Gasteiger partial charge in [0.1, 0.15) is 11.5 Å². The van der Waals surface area contributed by atoms with Crippen LogP contribution < -0.4 is 9.47 Å². The fourth-order valence-corrected chi connectivity index (χ4v) is 4.75. The summed E-state index contributed by atoms with van der Waals surface area (Å²) in [7, 11) is 1.65. The van der Waals surface area contributed by atoms with Crippen molar-refractivity contribution >= 4 is 0 Å². The molecule has 192 valence electrons. The fraction of sp³-hybridized carbons (Fsp3) is 0.323. The van der Waals surface area contributed by atoms with Gasteiger partial charge in [-0.15, -0.1) is 0 Å². The van der Waals surface area contributed by atoms with Crippen molar-refractivity contribution < 1.29 is 14.6 Å². The van der Waals surface area contributed by atoms with Crippen LogP contribution in [0.5, 0.6) is 17.4 Å². The summed E-state index contributed by atoms with van der Waals surface area (Å²) in [5.74, 6) is 2.14. The molecule has 1 saturated carbocycles. The highest BCUT2D eigenvalue weighted by atomic mass is 16.5. The van der Waals surface area contributed by atoms with Gasteiger partial charge < -0.3 is 14.6 Å². The quantitative estimate of drug-likeness (QED) is 0.268. The maximum absolute atomic E-state index is 11.0. The van der Waals surface area contributed by atoms with E-state index in [2.05, 4.69) is 24.0 Å². The maximum atomic E-state index is 11.0. The summed E-state index contributed by atoms with van der Waals surface area (Å²) in [6, 6.07) is 28.4. The first kappa shape index (κ1) is 25.1. The summed E-state index contributed by atoms with van der Waals surface area (Å²) in [6.45, 7) is 3.41. The molecule has 1 N–H and O–H groups in total. The Labute approximate surface area is 219 Å². The number of aryl methyl sites for hydroxylation is 1. The van der Waals surface area contributed by atoms with Crippen molar-refractivity contribution in [1.29, 1.82) is 0 Å². The summed E-state index contributed by atoms with van der Waals surface area (Å²) in [5, 5.41) is 16.0. The van der Waals surface area contributed by atoms with E-state index in [0.717, 1.165) is 47.5 Å². The summed E-state index contributed by atoms with van der Waals surface area (Å²) in [4.78, 5) is 2.40. The predicted molar refractivity (Wildman–Crippen MR) is 146 cm³/mol. The molecular formula is C31H35N3O3. The Kier molecular flexibility index (Phi) is 7.87. The Bertz CT molecular complexity index is 1290. The zero-order chi connectivity index (χ0) is 25.6. The molecule has 1 atom stereocenters. The van der Waals surface area contributed by atoms with Gasteiger partial charge in [0.2, 0.25) is 5.88 Å². The van der Waals surface area contributed by atoms with Crippen LogP contribution in [0.4, 0.5) is 0 Å². The van der Waals surface area contributed by atoms with Crippen molar-refractivity contribution in [1.82, 2.24) is 14.7 Å². The molecule has 6 nitrogen and oxygen atoms in total. The number of para-hydroxylation sites is 1. The van der Waals surface area contributed by atoms with E-state index < -0.39 is 6.10 Å². The van der Waals surface area contributed by atoms with Crippen molar-refractivity contribution in [3.05, 3.63) is 102 Å². The zero-order valence-corrected chi connectivity index (χ0v) is 21.6. The van der Waals surface area contributed by atoms with Crippen LogP contribution in [0.3, 0.4) is 0 Å². The highest BCUT2D eigenvalue weighted by molar-refractivity contribution is 5.45. The second-order valence-corrected chi connectivity index (χ2v) is 9.62. The summed E-state index contributed by atoms with van der Waals surface area (Å²) in [6.07, 6.45) is 3.28. The third kappa shape index (κ3) is 6.21. The molecule has 5 rings (SSSR count). The molecule has 1 aliphatic rings. The first-order valence-electron chi connectivity index (χ1n) is 13.1. The molecule has 0 amide bonds. The third-order valence-corrected chi connectivity index (χ3v) is 6.79. The Morgan fingerprint density at radius 2 is 1.68 bits per heavy atom. The number of rotatable bonds is 12. The van der Waals surface area contributed by atoms with Crippen molar-refractivity contribution in [2.24, 2.45) is 0 Å². The van der Waals surface area contributed by atoms with Gasteiger partial charge in [0.15, 0.2) is 0 Å². The Morgan fingerprint density at radius 3 is 2.35 bits per heavy atom. The van der Waals surface area contributed by atoms with Crippen LogP contribution in [0.15, 0.2) is 84.9 Å². The number of aliphatic hydroxyl groups excluding tert-OH is 1. The minimum Gasteiger partial charge on any atom is -0.497 e. The zero-order valence-electron chi connectivity index (χ0n) is 21.6. The second-order valence-electron chi connectivity index (χ2n) is 9.62. The summed E-state index contributed by atoms with van der Waals surface area (Å²) >= 11 is 0. The number of nitrogens with zero attached hydrogens (tertiary/aromatic N) is 3. The lowest BCUT2D eigenvalue weighted by molar-refractivity contribution is 0.103. The van der Waals surface area contributed by atoms with Gasteiger partial charge in [0.25, 0.3) is 0 Å². The Balaban J connectivity index is 1.47. The molecule has 37 heavy (non-hydrogen) atoms. The van der Waals surface area contributed by atoms with E-state index in [-0.39, 0.29) is 0 Å². The van der Waals surface area contributed by atoms with E-state index in [4.69, 9.17) is 14.6 Å². The molecule has 0 bridgehead atoms. The van der Waals surface area contributed by atoms with Crippen LogP contribution in [0.2, 0.25) is 0 Å². The number of methoxy groups -OCH3 is 1. The standard InChI is InChI=1S/C31H35N3O3/c1-3-30-29(22-33(24-17-18-24)21-26(35)19-23-11-6-4-7-12-23)31(34(32-30)25-13-8-5-9-14-25)37-28-16-10-15-27(20-28)36-2/h4-16,20,24,26,35H,3,17-19,21-22H2,1-2H3/t26-/m1/s1. The van der Waals surface area contributed by atoms with Gasteiger partial charge in [-0.25, -0.2) is 4.68 Å². The van der Waals surface area contributed by atoms with Crippen molar-refractivity contribution in [2.45, 2.75) is 51.3 Å². The molecule has 0 unspecified atom stereocenters. The Morgan fingerprint density at radius 1 is 0.973 bits per heavy atom. The minimum absolute atomic E-state index is 0.444. The molecule has 1 fully saturated rings. The van der Waals surface area contributed by atoms with Gasteiger partial charge in [-0.2, -0.15) is 5.10 Å². The normalized spacial score (nSPS) is 14.1. The van der Waals surface area contributed by atoms with Crippen LogP contribution in [-0.4, -0.2) is 45.6 Å². The predicted octanol–water partition coefficient (Wildman–Crippen LogP) is 5.80. The molecule has 4 aromatic rings. The molecule has 0 saturated heterocycles. The molecule has 0 aliphatic heterocycles. The molecular weight excluding hydrogens is 462 g/mol. The van der Waals surface area contributed by atoms with Crippen LogP contribution in [0.1, 0.15) is 36.6 Å². The molecule has 1 aromatic heterocycles. The van der Waals surface area contributed by atoms with E-state index in [9.17, 15) is 5.11 Å². The third-order valence-electron chi connectivity index (χ3n) is 6.79. The lowest BCUT2D eigenvalue weighted by Gasteiger charge is -2.25. The van der Waals surface area contributed by atoms with Crippen LogP contribution in [0, 0.1) is 0 Å².